The number of fused-ring (bicyclic) bond motifs is 9. The molecule has 0 saturated heterocycles. The first-order valence-electron chi connectivity index (χ1n) is 21.1. The summed E-state index contributed by atoms with van der Waals surface area (Å²) in [6.07, 6.45) is 0. The van der Waals surface area contributed by atoms with Crippen LogP contribution in [0.15, 0.2) is 215 Å². The van der Waals surface area contributed by atoms with Gasteiger partial charge >= 0.3 is 0 Å². The zero-order chi connectivity index (χ0) is 41.4. The van der Waals surface area contributed by atoms with Gasteiger partial charge in [-0.25, -0.2) is 15.0 Å². The molecule has 4 aromatic heterocycles. The van der Waals surface area contributed by atoms with E-state index in [0.29, 0.717) is 17.5 Å². The topological polar surface area (TPSA) is 69.9 Å². The molecule has 0 aliphatic rings. The average molecular weight is 807 g/mol. The van der Waals surface area contributed by atoms with Crippen LogP contribution in [0.4, 0.5) is 0 Å². The third kappa shape index (κ3) is 5.62. The van der Waals surface area contributed by atoms with Crippen molar-refractivity contribution in [2.75, 3.05) is 0 Å². The van der Waals surface area contributed by atoms with Gasteiger partial charge in [0.2, 0.25) is 0 Å². The van der Waals surface area contributed by atoms with E-state index >= 15 is 0 Å². The molecule has 13 aromatic rings. The monoisotopic (exact) mass is 806 g/mol. The summed E-state index contributed by atoms with van der Waals surface area (Å²) in [5, 5.41) is 6.47. The minimum atomic E-state index is 0.571. The van der Waals surface area contributed by atoms with Crippen LogP contribution in [0.25, 0.3) is 128 Å². The summed E-state index contributed by atoms with van der Waals surface area (Å²) in [7, 11) is 0. The van der Waals surface area contributed by atoms with E-state index in [1.165, 1.54) is 10.8 Å². The van der Waals surface area contributed by atoms with E-state index in [9.17, 15) is 0 Å². The van der Waals surface area contributed by atoms with Gasteiger partial charge in [0.15, 0.2) is 17.5 Å². The van der Waals surface area contributed by atoms with Gasteiger partial charge in [0.25, 0.3) is 0 Å². The summed E-state index contributed by atoms with van der Waals surface area (Å²) in [4.78, 5) is 15.5. The number of furan rings is 2. The fourth-order valence-electron chi connectivity index (χ4n) is 9.45. The highest BCUT2D eigenvalue weighted by molar-refractivity contribution is 6.19. The summed E-state index contributed by atoms with van der Waals surface area (Å²) >= 11 is 0. The molecule has 0 radical (unpaired) electrons. The van der Waals surface area contributed by atoms with Crippen molar-refractivity contribution in [2.24, 2.45) is 0 Å². The van der Waals surface area contributed by atoms with Crippen molar-refractivity contribution in [1.29, 1.82) is 0 Å². The van der Waals surface area contributed by atoms with Crippen LogP contribution in [0, 0.1) is 0 Å². The molecule has 13 rings (SSSR count). The fraction of sp³-hybridized carbons (Fsp3) is 0. The van der Waals surface area contributed by atoms with Gasteiger partial charge in [-0.15, -0.1) is 0 Å². The van der Waals surface area contributed by atoms with E-state index in [1.54, 1.807) is 0 Å². The summed E-state index contributed by atoms with van der Waals surface area (Å²) in [5.74, 6) is 1.77. The number of nitrogens with zero attached hydrogens (tertiary/aromatic N) is 4. The molecule has 9 aromatic carbocycles. The van der Waals surface area contributed by atoms with Crippen molar-refractivity contribution in [2.45, 2.75) is 0 Å². The van der Waals surface area contributed by atoms with Crippen molar-refractivity contribution >= 4 is 65.7 Å². The lowest BCUT2D eigenvalue weighted by Crippen LogP contribution is -2.00. The van der Waals surface area contributed by atoms with Crippen LogP contribution in [0.5, 0.6) is 0 Å². The van der Waals surface area contributed by atoms with Gasteiger partial charge < -0.3 is 13.4 Å². The average Bonchev–Trinajstić information content (AvgIpc) is 4.04. The van der Waals surface area contributed by atoms with Gasteiger partial charge in [0, 0.05) is 43.6 Å². The lowest BCUT2D eigenvalue weighted by Gasteiger charge is -2.11. The molecule has 0 aliphatic carbocycles. The lowest BCUT2D eigenvalue weighted by atomic mass is 9.96. The Labute approximate surface area is 361 Å². The Balaban J connectivity index is 1.02. The van der Waals surface area contributed by atoms with Crippen molar-refractivity contribution in [1.82, 2.24) is 19.5 Å². The number of hydrogen-bond acceptors (Lipinski definition) is 5. The van der Waals surface area contributed by atoms with E-state index in [-0.39, 0.29) is 0 Å². The number of hydrogen-bond donors (Lipinski definition) is 0. The maximum Gasteiger partial charge on any atom is 0.164 e. The van der Waals surface area contributed by atoms with Crippen molar-refractivity contribution in [3.8, 4) is 62.1 Å². The van der Waals surface area contributed by atoms with Gasteiger partial charge in [-0.3, -0.25) is 0 Å². The summed E-state index contributed by atoms with van der Waals surface area (Å²) in [5.41, 5.74) is 13.6. The van der Waals surface area contributed by atoms with Crippen LogP contribution in [0.1, 0.15) is 0 Å². The quantitative estimate of drug-likeness (QED) is 0.167. The number of para-hydroxylation sites is 2. The van der Waals surface area contributed by atoms with E-state index in [4.69, 9.17) is 23.8 Å². The van der Waals surface area contributed by atoms with Crippen LogP contribution < -0.4 is 0 Å². The summed E-state index contributed by atoms with van der Waals surface area (Å²) in [6, 6.07) is 71.4. The van der Waals surface area contributed by atoms with Gasteiger partial charge in [-0.05, 0) is 76.9 Å². The van der Waals surface area contributed by atoms with Gasteiger partial charge in [-0.1, -0.05) is 152 Å². The van der Waals surface area contributed by atoms with Crippen molar-refractivity contribution in [3.63, 3.8) is 0 Å². The molecule has 0 saturated carbocycles. The van der Waals surface area contributed by atoms with Gasteiger partial charge in [-0.2, -0.15) is 0 Å². The normalized spacial score (nSPS) is 11.8. The highest BCUT2D eigenvalue weighted by Crippen LogP contribution is 2.44. The molecule has 294 valence electrons. The molecule has 0 unspecified atom stereocenters. The first-order valence-corrected chi connectivity index (χ1v) is 21.1. The van der Waals surface area contributed by atoms with Gasteiger partial charge in [0.05, 0.1) is 22.1 Å². The number of rotatable bonds is 6. The molecule has 4 heterocycles. The van der Waals surface area contributed by atoms with Crippen LogP contribution in [0.3, 0.4) is 0 Å². The van der Waals surface area contributed by atoms with Crippen molar-refractivity contribution in [3.05, 3.63) is 206 Å². The molecule has 6 nitrogen and oxygen atoms in total. The first-order chi connectivity index (χ1) is 31.2. The summed E-state index contributed by atoms with van der Waals surface area (Å²) in [6.45, 7) is 0. The Bertz CT molecular complexity index is 3870. The molecular formula is C57H34N4O2. The van der Waals surface area contributed by atoms with Crippen LogP contribution >= 0.6 is 0 Å². The fourth-order valence-corrected chi connectivity index (χ4v) is 9.45. The van der Waals surface area contributed by atoms with E-state index < -0.39 is 0 Å². The molecule has 0 amide bonds. The minimum absolute atomic E-state index is 0.571. The SMILES string of the molecule is c1ccc(-c2cccc(-c3nc(-c4ccccc4)nc(-c4cccc5oc6ccc(-c7cccc8oc9cccc(-n%10c%11ccccc%11c%11ccccc%11%10)c9c78)cc6c45)n3)c2)cc1. The highest BCUT2D eigenvalue weighted by atomic mass is 16.3. The molecule has 0 aliphatic heterocycles. The molecule has 0 atom stereocenters. The second kappa shape index (κ2) is 14.0. The minimum Gasteiger partial charge on any atom is -0.456 e. The molecule has 0 bridgehead atoms. The molecule has 0 fully saturated rings. The smallest absolute Gasteiger partial charge is 0.164 e. The predicted molar refractivity (Wildman–Crippen MR) is 256 cm³/mol. The second-order valence-electron chi connectivity index (χ2n) is 15.9. The van der Waals surface area contributed by atoms with Crippen LogP contribution in [-0.2, 0) is 0 Å². The largest absolute Gasteiger partial charge is 0.456 e. The zero-order valence-electron chi connectivity index (χ0n) is 33.7. The van der Waals surface area contributed by atoms with Crippen LogP contribution in [-0.4, -0.2) is 19.5 Å². The zero-order valence-corrected chi connectivity index (χ0v) is 33.7. The molecule has 0 spiro atoms. The Kier molecular flexibility index (Phi) is 7.80. The highest BCUT2D eigenvalue weighted by Gasteiger charge is 2.22. The maximum absolute atomic E-state index is 6.67. The van der Waals surface area contributed by atoms with E-state index in [1.807, 2.05) is 48.5 Å². The van der Waals surface area contributed by atoms with E-state index in [2.05, 4.69) is 162 Å². The Morgan fingerprint density at radius 3 is 1.59 bits per heavy atom. The number of aromatic nitrogens is 4. The van der Waals surface area contributed by atoms with E-state index in [0.717, 1.165) is 99.5 Å². The second-order valence-corrected chi connectivity index (χ2v) is 15.9. The predicted octanol–water partition coefficient (Wildman–Crippen LogP) is 15.1. The molecular weight excluding hydrogens is 773 g/mol. The summed E-state index contributed by atoms with van der Waals surface area (Å²) < 4.78 is 15.6. The third-order valence-corrected chi connectivity index (χ3v) is 12.3. The maximum atomic E-state index is 6.67. The lowest BCUT2D eigenvalue weighted by molar-refractivity contribution is 0.668. The molecule has 0 N–H and O–H groups in total. The van der Waals surface area contributed by atoms with Gasteiger partial charge in [0.1, 0.15) is 22.3 Å². The molecule has 63 heavy (non-hydrogen) atoms. The Morgan fingerprint density at radius 2 is 0.841 bits per heavy atom. The third-order valence-electron chi connectivity index (χ3n) is 12.3. The number of benzene rings is 9. The Hall–Kier alpha value is -8.61. The van der Waals surface area contributed by atoms with Crippen LogP contribution in [0.2, 0.25) is 0 Å². The standard InChI is InChI=1S/C57H34N4O2/c1-3-15-35(16-4-1)37-19-11-20-39(33-37)56-58-55(36-17-5-2-6-18-36)59-57(60-56)43-24-13-28-49-52(43)44-34-38(31-32-48(44)62-49)40-23-12-29-50-53(40)54-47(27-14-30-51(54)63-50)61-45-25-9-7-21-41(45)42-22-8-10-26-46(42)61/h1-34H. The van der Waals surface area contributed by atoms with Crippen molar-refractivity contribution < 1.29 is 8.83 Å². The Morgan fingerprint density at radius 1 is 0.302 bits per heavy atom. The first kappa shape index (κ1) is 35.2. The molecule has 6 heteroatoms.